The third-order valence-electron chi connectivity index (χ3n) is 3.48. The van der Waals surface area contributed by atoms with E-state index in [1.54, 1.807) is 0 Å². The Labute approximate surface area is 91.8 Å². The van der Waals surface area contributed by atoms with E-state index in [2.05, 4.69) is 45.5 Å². The maximum absolute atomic E-state index is 4.64. The van der Waals surface area contributed by atoms with Gasteiger partial charge in [0.1, 0.15) is 0 Å². The smallest absolute Gasteiger partial charge is 0.0794 e. The molecule has 3 heteroatoms. The van der Waals surface area contributed by atoms with Crippen LogP contribution in [0.4, 0.5) is 0 Å². The second-order valence-electron chi connectivity index (χ2n) is 4.34. The molecule has 13 heavy (non-hydrogen) atoms. The zero-order chi connectivity index (χ0) is 9.05. The highest BCUT2D eigenvalue weighted by atomic mass is 127. The highest BCUT2D eigenvalue weighted by Crippen LogP contribution is 2.75. The van der Waals surface area contributed by atoms with Crippen molar-refractivity contribution in [3.8, 4) is 0 Å². The Morgan fingerprint density at radius 1 is 1.69 bits per heavy atom. The SMILES string of the molecule is CCn1cc(I)c(C2CC23CC3)n1. The molecule has 1 atom stereocenters. The van der Waals surface area contributed by atoms with Crippen LogP contribution in [0.2, 0.25) is 0 Å². The minimum absolute atomic E-state index is 0.743. The molecule has 1 spiro atoms. The van der Waals surface area contributed by atoms with Crippen molar-refractivity contribution in [1.82, 2.24) is 9.78 Å². The van der Waals surface area contributed by atoms with E-state index in [4.69, 9.17) is 0 Å². The number of nitrogens with zero attached hydrogens (tertiary/aromatic N) is 2. The second kappa shape index (κ2) is 2.49. The first-order valence-corrected chi connectivity index (χ1v) is 6.06. The predicted molar refractivity (Wildman–Crippen MR) is 59.6 cm³/mol. The van der Waals surface area contributed by atoms with Crippen molar-refractivity contribution in [2.45, 2.75) is 38.6 Å². The van der Waals surface area contributed by atoms with Crippen LogP contribution in [-0.2, 0) is 6.54 Å². The number of rotatable bonds is 2. The van der Waals surface area contributed by atoms with Crippen molar-refractivity contribution in [3.05, 3.63) is 15.5 Å². The summed E-state index contributed by atoms with van der Waals surface area (Å²) in [4.78, 5) is 0. The van der Waals surface area contributed by atoms with Crippen LogP contribution in [0.15, 0.2) is 6.20 Å². The molecule has 0 N–H and O–H groups in total. The van der Waals surface area contributed by atoms with Gasteiger partial charge in [0, 0.05) is 18.7 Å². The quantitative estimate of drug-likeness (QED) is 0.765. The summed E-state index contributed by atoms with van der Waals surface area (Å²) in [7, 11) is 0. The number of aryl methyl sites for hydroxylation is 1. The van der Waals surface area contributed by atoms with Crippen molar-refractivity contribution in [1.29, 1.82) is 0 Å². The van der Waals surface area contributed by atoms with Gasteiger partial charge in [0.15, 0.2) is 0 Å². The molecular weight excluding hydrogens is 275 g/mol. The maximum Gasteiger partial charge on any atom is 0.0794 e. The standard InChI is InChI=1S/C10H13IN2/c1-2-13-6-8(11)9(12-13)7-5-10(7)3-4-10/h6-7H,2-5H2,1H3. The molecule has 0 aromatic carbocycles. The molecule has 1 aromatic rings. The Morgan fingerprint density at radius 2 is 2.46 bits per heavy atom. The first kappa shape index (κ1) is 8.26. The number of hydrogen-bond donors (Lipinski definition) is 0. The van der Waals surface area contributed by atoms with E-state index in [0.29, 0.717) is 0 Å². The fraction of sp³-hybridized carbons (Fsp3) is 0.700. The van der Waals surface area contributed by atoms with Crippen LogP contribution in [0.3, 0.4) is 0 Å². The van der Waals surface area contributed by atoms with Crippen molar-refractivity contribution >= 4 is 22.6 Å². The van der Waals surface area contributed by atoms with E-state index >= 15 is 0 Å². The number of halogens is 1. The van der Waals surface area contributed by atoms with Crippen molar-refractivity contribution in [2.24, 2.45) is 5.41 Å². The Hall–Kier alpha value is -0.0600. The molecule has 1 aromatic heterocycles. The van der Waals surface area contributed by atoms with Crippen molar-refractivity contribution in [3.63, 3.8) is 0 Å². The number of aromatic nitrogens is 2. The van der Waals surface area contributed by atoms with Crippen molar-refractivity contribution in [2.75, 3.05) is 0 Å². The van der Waals surface area contributed by atoms with E-state index in [-0.39, 0.29) is 0 Å². The lowest BCUT2D eigenvalue weighted by Gasteiger charge is -1.93. The van der Waals surface area contributed by atoms with Crippen molar-refractivity contribution < 1.29 is 0 Å². The molecule has 0 saturated heterocycles. The summed E-state index contributed by atoms with van der Waals surface area (Å²) in [5.41, 5.74) is 2.12. The van der Waals surface area contributed by atoms with Gasteiger partial charge in [-0.2, -0.15) is 5.10 Å². The monoisotopic (exact) mass is 288 g/mol. The first-order valence-electron chi connectivity index (χ1n) is 4.98. The predicted octanol–water partition coefficient (Wildman–Crippen LogP) is 2.78. The Morgan fingerprint density at radius 3 is 2.92 bits per heavy atom. The zero-order valence-corrected chi connectivity index (χ0v) is 9.91. The Balaban J connectivity index is 1.91. The maximum atomic E-state index is 4.64. The Kier molecular flexibility index (Phi) is 1.59. The summed E-state index contributed by atoms with van der Waals surface area (Å²) in [5.74, 6) is 0.812. The molecule has 2 fully saturated rings. The molecule has 2 aliphatic carbocycles. The highest BCUT2D eigenvalue weighted by Gasteiger charge is 2.64. The molecular formula is C10H13IN2. The van der Waals surface area contributed by atoms with E-state index in [1.165, 1.54) is 28.5 Å². The largest absolute Gasteiger partial charge is 0.272 e. The third-order valence-corrected chi connectivity index (χ3v) is 4.31. The molecule has 1 heterocycles. The van der Waals surface area contributed by atoms with Crippen LogP contribution in [0, 0.1) is 8.99 Å². The molecule has 0 amide bonds. The van der Waals surface area contributed by atoms with Gasteiger partial charge in [-0.3, -0.25) is 4.68 Å². The summed E-state index contributed by atoms with van der Waals surface area (Å²) >= 11 is 2.42. The normalized spacial score (nSPS) is 28.0. The van der Waals surface area contributed by atoms with Gasteiger partial charge in [-0.15, -0.1) is 0 Å². The first-order chi connectivity index (χ1) is 6.25. The summed E-state index contributed by atoms with van der Waals surface area (Å²) in [5, 5.41) is 4.64. The van der Waals surface area contributed by atoms with Gasteiger partial charge in [0.05, 0.1) is 9.26 Å². The minimum atomic E-state index is 0.743. The van der Waals surface area contributed by atoms with E-state index in [9.17, 15) is 0 Å². The van der Waals surface area contributed by atoms with Gasteiger partial charge >= 0.3 is 0 Å². The van der Waals surface area contributed by atoms with Gasteiger partial charge in [0.2, 0.25) is 0 Å². The van der Waals surface area contributed by atoms with E-state index < -0.39 is 0 Å². The lowest BCUT2D eigenvalue weighted by atomic mass is 10.2. The zero-order valence-electron chi connectivity index (χ0n) is 7.76. The van der Waals surface area contributed by atoms with Crippen LogP contribution >= 0.6 is 22.6 Å². The fourth-order valence-electron chi connectivity index (χ4n) is 2.26. The summed E-state index contributed by atoms with van der Waals surface area (Å²) in [6, 6.07) is 0. The van der Waals surface area contributed by atoms with Gasteiger partial charge in [-0.25, -0.2) is 0 Å². The van der Waals surface area contributed by atoms with Gasteiger partial charge in [-0.05, 0) is 54.2 Å². The molecule has 3 rings (SSSR count). The highest BCUT2D eigenvalue weighted by molar-refractivity contribution is 14.1. The van der Waals surface area contributed by atoms with Crippen LogP contribution in [0.5, 0.6) is 0 Å². The Bertz CT molecular complexity index is 352. The number of hydrogen-bond acceptors (Lipinski definition) is 1. The van der Waals surface area contributed by atoms with Crippen LogP contribution in [-0.4, -0.2) is 9.78 Å². The second-order valence-corrected chi connectivity index (χ2v) is 5.50. The molecule has 2 nitrogen and oxygen atoms in total. The molecule has 0 bridgehead atoms. The lowest BCUT2D eigenvalue weighted by molar-refractivity contribution is 0.642. The third kappa shape index (κ3) is 1.16. The molecule has 2 saturated carbocycles. The summed E-state index contributed by atoms with van der Waals surface area (Å²) < 4.78 is 3.43. The van der Waals surface area contributed by atoms with Gasteiger partial charge < -0.3 is 0 Å². The van der Waals surface area contributed by atoms with Gasteiger partial charge in [-0.1, -0.05) is 0 Å². The lowest BCUT2D eigenvalue weighted by Crippen LogP contribution is -1.95. The summed E-state index contributed by atoms with van der Waals surface area (Å²) in [6.07, 6.45) is 6.48. The summed E-state index contributed by atoms with van der Waals surface area (Å²) in [6.45, 7) is 3.14. The molecule has 1 unspecified atom stereocenters. The average molecular weight is 288 g/mol. The fourth-order valence-corrected chi connectivity index (χ4v) is 3.06. The molecule has 0 aliphatic heterocycles. The van der Waals surface area contributed by atoms with E-state index in [1.807, 2.05) is 0 Å². The topological polar surface area (TPSA) is 17.8 Å². The minimum Gasteiger partial charge on any atom is -0.272 e. The van der Waals surface area contributed by atoms with E-state index in [0.717, 1.165) is 17.9 Å². The average Bonchev–Trinajstić information content (AvgIpc) is 3.01. The van der Waals surface area contributed by atoms with Crippen LogP contribution in [0.25, 0.3) is 0 Å². The molecule has 2 aliphatic rings. The van der Waals surface area contributed by atoms with Gasteiger partial charge in [0.25, 0.3) is 0 Å². The van der Waals surface area contributed by atoms with Crippen LogP contribution in [0.1, 0.15) is 37.8 Å². The molecule has 70 valence electrons. The molecule has 0 radical (unpaired) electrons. The van der Waals surface area contributed by atoms with Crippen LogP contribution < -0.4 is 0 Å².